The summed E-state index contributed by atoms with van der Waals surface area (Å²) in [5.74, 6) is 1.17. The second-order valence-corrected chi connectivity index (χ2v) is 7.36. The predicted molar refractivity (Wildman–Crippen MR) is 129 cm³/mol. The molecule has 1 fully saturated rings. The number of guanidine groups is 1. The maximum absolute atomic E-state index is 13.8. The summed E-state index contributed by atoms with van der Waals surface area (Å²) in [4.78, 5) is 7.09. The number of aliphatic imine (C=N–C) groups is 1. The van der Waals surface area contributed by atoms with E-state index in [-0.39, 0.29) is 29.8 Å². The summed E-state index contributed by atoms with van der Waals surface area (Å²) in [5, 5.41) is 6.69. The smallest absolute Gasteiger partial charge is 0.191 e. The highest BCUT2D eigenvalue weighted by Crippen LogP contribution is 2.16. The summed E-state index contributed by atoms with van der Waals surface area (Å²) >= 11 is 0. The third kappa shape index (κ3) is 7.93. The minimum atomic E-state index is -0.202. The van der Waals surface area contributed by atoms with E-state index >= 15 is 0 Å². The summed E-state index contributed by atoms with van der Waals surface area (Å²) in [6.07, 6.45) is 2.31. The molecule has 0 saturated carbocycles. The van der Waals surface area contributed by atoms with Crippen LogP contribution in [-0.4, -0.2) is 43.6 Å². The van der Waals surface area contributed by atoms with E-state index < -0.39 is 0 Å². The molecule has 1 saturated heterocycles. The first-order chi connectivity index (χ1) is 13.7. The van der Waals surface area contributed by atoms with Crippen molar-refractivity contribution in [3.05, 3.63) is 71.5 Å². The molecule has 0 spiro atoms. The van der Waals surface area contributed by atoms with Crippen LogP contribution in [0.5, 0.6) is 0 Å². The van der Waals surface area contributed by atoms with Gasteiger partial charge in [-0.3, -0.25) is 0 Å². The van der Waals surface area contributed by atoms with Crippen LogP contribution in [0.2, 0.25) is 0 Å². The molecule has 1 atom stereocenters. The lowest BCUT2D eigenvalue weighted by Gasteiger charge is -2.17. The van der Waals surface area contributed by atoms with Gasteiger partial charge in [0.1, 0.15) is 5.82 Å². The Balaban J connectivity index is 0.00000300. The SMILES string of the molecule is CCNC(=NCc1ccccc1F)NCC1CCN(CCc2ccccc2)C1.I. The molecule has 0 bridgehead atoms. The number of rotatable bonds is 8. The Kier molecular flexibility index (Phi) is 10.4. The Morgan fingerprint density at radius 1 is 1.10 bits per heavy atom. The third-order valence-electron chi connectivity index (χ3n) is 5.20. The molecule has 0 aliphatic carbocycles. The molecule has 2 N–H and O–H groups in total. The van der Waals surface area contributed by atoms with Gasteiger partial charge >= 0.3 is 0 Å². The monoisotopic (exact) mass is 510 g/mol. The van der Waals surface area contributed by atoms with Gasteiger partial charge in [0.2, 0.25) is 0 Å². The highest BCUT2D eigenvalue weighted by atomic mass is 127. The van der Waals surface area contributed by atoms with Crippen molar-refractivity contribution < 1.29 is 4.39 Å². The van der Waals surface area contributed by atoms with Gasteiger partial charge in [-0.15, -0.1) is 24.0 Å². The van der Waals surface area contributed by atoms with Crippen molar-refractivity contribution in [2.75, 3.05) is 32.7 Å². The van der Waals surface area contributed by atoms with Crippen molar-refractivity contribution in [3.8, 4) is 0 Å². The predicted octanol–water partition coefficient (Wildman–Crippen LogP) is 4.06. The Morgan fingerprint density at radius 2 is 1.86 bits per heavy atom. The average Bonchev–Trinajstić information content (AvgIpc) is 3.18. The molecule has 4 nitrogen and oxygen atoms in total. The van der Waals surface area contributed by atoms with Crippen molar-refractivity contribution in [1.29, 1.82) is 0 Å². The van der Waals surface area contributed by atoms with Gasteiger partial charge in [-0.2, -0.15) is 0 Å². The van der Waals surface area contributed by atoms with Crippen molar-refractivity contribution in [1.82, 2.24) is 15.5 Å². The first-order valence-electron chi connectivity index (χ1n) is 10.3. The van der Waals surface area contributed by atoms with E-state index in [1.807, 2.05) is 13.0 Å². The lowest BCUT2D eigenvalue weighted by molar-refractivity contribution is 0.328. The number of benzene rings is 2. The van der Waals surface area contributed by atoms with Crippen LogP contribution < -0.4 is 10.6 Å². The fourth-order valence-corrected chi connectivity index (χ4v) is 3.59. The van der Waals surface area contributed by atoms with Crippen LogP contribution in [-0.2, 0) is 13.0 Å². The topological polar surface area (TPSA) is 39.7 Å². The second-order valence-electron chi connectivity index (χ2n) is 7.36. The van der Waals surface area contributed by atoms with Crippen molar-refractivity contribution in [2.45, 2.75) is 26.3 Å². The molecule has 1 heterocycles. The molecular weight excluding hydrogens is 478 g/mol. The number of hydrogen-bond donors (Lipinski definition) is 2. The first-order valence-corrected chi connectivity index (χ1v) is 10.3. The van der Waals surface area contributed by atoms with Gasteiger partial charge in [0.25, 0.3) is 0 Å². The molecule has 3 rings (SSSR count). The number of halogens is 2. The molecule has 0 radical (unpaired) electrons. The molecule has 6 heteroatoms. The van der Waals surface area contributed by atoms with E-state index in [0.717, 1.165) is 45.1 Å². The summed E-state index contributed by atoms with van der Waals surface area (Å²) in [7, 11) is 0. The second kappa shape index (κ2) is 12.8. The van der Waals surface area contributed by atoms with E-state index in [2.05, 4.69) is 50.9 Å². The Morgan fingerprint density at radius 3 is 2.62 bits per heavy atom. The van der Waals surface area contributed by atoms with Gasteiger partial charge in [-0.1, -0.05) is 48.5 Å². The minimum absolute atomic E-state index is 0. The maximum atomic E-state index is 13.8. The molecule has 2 aromatic carbocycles. The molecule has 1 aliphatic heterocycles. The molecule has 29 heavy (non-hydrogen) atoms. The van der Waals surface area contributed by atoms with Crippen LogP contribution >= 0.6 is 24.0 Å². The van der Waals surface area contributed by atoms with Crippen LogP contribution in [0.1, 0.15) is 24.5 Å². The zero-order valence-electron chi connectivity index (χ0n) is 17.1. The fraction of sp³-hybridized carbons (Fsp3) is 0.435. The van der Waals surface area contributed by atoms with Crippen LogP contribution in [0.4, 0.5) is 4.39 Å². The largest absolute Gasteiger partial charge is 0.357 e. The summed E-state index contributed by atoms with van der Waals surface area (Å²) < 4.78 is 13.8. The number of likely N-dealkylation sites (tertiary alicyclic amines) is 1. The Hall–Kier alpha value is -1.67. The van der Waals surface area contributed by atoms with E-state index in [1.54, 1.807) is 12.1 Å². The third-order valence-corrected chi connectivity index (χ3v) is 5.20. The standard InChI is InChI=1S/C23H31FN4.HI/c1-2-25-23(27-17-21-10-6-7-11-22(21)24)26-16-20-13-15-28(18-20)14-12-19-8-4-3-5-9-19;/h3-11,20H,2,12-18H2,1H3,(H2,25,26,27);1H. The molecule has 0 aromatic heterocycles. The quantitative estimate of drug-likeness (QED) is 0.320. The van der Waals surface area contributed by atoms with Gasteiger partial charge < -0.3 is 15.5 Å². The minimum Gasteiger partial charge on any atom is -0.357 e. The van der Waals surface area contributed by atoms with E-state index in [4.69, 9.17) is 0 Å². The zero-order valence-corrected chi connectivity index (χ0v) is 19.4. The first kappa shape index (κ1) is 23.6. The van der Waals surface area contributed by atoms with Crippen molar-refractivity contribution in [3.63, 3.8) is 0 Å². The summed E-state index contributed by atoms with van der Waals surface area (Å²) in [5.41, 5.74) is 2.02. The fourth-order valence-electron chi connectivity index (χ4n) is 3.59. The molecule has 1 aliphatic rings. The zero-order chi connectivity index (χ0) is 19.6. The highest BCUT2D eigenvalue weighted by molar-refractivity contribution is 14.0. The Labute approximate surface area is 191 Å². The van der Waals surface area contributed by atoms with Crippen LogP contribution in [0, 0.1) is 11.7 Å². The lowest BCUT2D eigenvalue weighted by atomic mass is 10.1. The van der Waals surface area contributed by atoms with Gasteiger partial charge in [0, 0.05) is 31.7 Å². The van der Waals surface area contributed by atoms with Gasteiger partial charge in [0.05, 0.1) is 6.54 Å². The molecule has 1 unspecified atom stereocenters. The summed E-state index contributed by atoms with van der Waals surface area (Å²) in [6.45, 7) is 7.45. The van der Waals surface area contributed by atoms with Crippen LogP contribution in [0.25, 0.3) is 0 Å². The molecule has 0 amide bonds. The van der Waals surface area contributed by atoms with E-state index in [1.165, 1.54) is 18.1 Å². The van der Waals surface area contributed by atoms with E-state index in [0.29, 0.717) is 18.0 Å². The average molecular weight is 510 g/mol. The summed E-state index contributed by atoms with van der Waals surface area (Å²) in [6, 6.07) is 17.5. The van der Waals surface area contributed by atoms with Crippen LogP contribution in [0.3, 0.4) is 0 Å². The lowest BCUT2D eigenvalue weighted by Crippen LogP contribution is -2.40. The number of nitrogens with one attached hydrogen (secondary N) is 2. The maximum Gasteiger partial charge on any atom is 0.191 e. The van der Waals surface area contributed by atoms with Gasteiger partial charge in [0.15, 0.2) is 5.96 Å². The molecular formula is C23H32FIN4. The van der Waals surface area contributed by atoms with Crippen molar-refractivity contribution >= 4 is 29.9 Å². The molecule has 2 aromatic rings. The molecule has 158 valence electrons. The van der Waals surface area contributed by atoms with Crippen molar-refractivity contribution in [2.24, 2.45) is 10.9 Å². The van der Waals surface area contributed by atoms with Gasteiger partial charge in [-0.05, 0) is 43.9 Å². The Bertz CT molecular complexity index is 754. The highest BCUT2D eigenvalue weighted by Gasteiger charge is 2.22. The van der Waals surface area contributed by atoms with Gasteiger partial charge in [-0.25, -0.2) is 9.38 Å². The van der Waals surface area contributed by atoms with E-state index in [9.17, 15) is 4.39 Å². The van der Waals surface area contributed by atoms with Crippen LogP contribution in [0.15, 0.2) is 59.6 Å². The number of hydrogen-bond acceptors (Lipinski definition) is 2. The number of nitrogens with zero attached hydrogens (tertiary/aromatic N) is 2. The normalized spacial score (nSPS) is 17.0.